The molecule has 2 aromatic carbocycles. The highest BCUT2D eigenvalue weighted by Gasteiger charge is 2.48. The van der Waals surface area contributed by atoms with Gasteiger partial charge in [-0.3, -0.25) is 9.69 Å². The molecule has 2 heterocycles. The van der Waals surface area contributed by atoms with Crippen LogP contribution in [-0.2, 0) is 6.54 Å². The van der Waals surface area contributed by atoms with Crippen molar-refractivity contribution >= 4 is 5.78 Å². The fraction of sp³-hybridized carbons (Fsp3) is 0.316. The topological polar surface area (TPSA) is 29.5 Å². The van der Waals surface area contributed by atoms with Crippen molar-refractivity contribution in [3.63, 3.8) is 0 Å². The first kappa shape index (κ1) is 13.5. The zero-order valence-electron chi connectivity index (χ0n) is 12.5. The minimum absolute atomic E-state index is 0.255. The first-order chi connectivity index (χ1) is 10.8. The molecular weight excluding hydrogens is 274 g/mol. The lowest BCUT2D eigenvalue weighted by Crippen LogP contribution is -2.43. The van der Waals surface area contributed by atoms with Crippen LogP contribution in [0.1, 0.15) is 22.3 Å². The monoisotopic (exact) mass is 293 g/mol. The molecule has 1 saturated heterocycles. The molecule has 1 spiro atoms. The number of nitrogens with zero attached hydrogens (tertiary/aromatic N) is 1. The van der Waals surface area contributed by atoms with E-state index in [1.807, 2.05) is 30.3 Å². The first-order valence-electron chi connectivity index (χ1n) is 7.80. The zero-order valence-corrected chi connectivity index (χ0v) is 12.5. The van der Waals surface area contributed by atoms with Gasteiger partial charge in [-0.2, -0.15) is 0 Å². The first-order valence-corrected chi connectivity index (χ1v) is 7.80. The summed E-state index contributed by atoms with van der Waals surface area (Å²) in [5.74, 6) is 0.990. The van der Waals surface area contributed by atoms with Gasteiger partial charge in [0.2, 0.25) is 0 Å². The summed E-state index contributed by atoms with van der Waals surface area (Å²) >= 11 is 0. The molecule has 0 aromatic heterocycles. The summed E-state index contributed by atoms with van der Waals surface area (Å²) in [6.07, 6.45) is 0.882. The molecule has 0 radical (unpaired) electrons. The number of ketones is 1. The van der Waals surface area contributed by atoms with Crippen LogP contribution >= 0.6 is 0 Å². The van der Waals surface area contributed by atoms with Crippen LogP contribution < -0.4 is 4.74 Å². The molecule has 2 aliphatic heterocycles. The molecule has 0 saturated carbocycles. The normalized spacial score (nSPS) is 24.3. The second-order valence-corrected chi connectivity index (χ2v) is 6.34. The predicted octanol–water partition coefficient (Wildman–Crippen LogP) is 3.15. The number of fused-ring (bicyclic) bond motifs is 1. The van der Waals surface area contributed by atoms with Gasteiger partial charge in [0.05, 0.1) is 11.0 Å². The van der Waals surface area contributed by atoms with Crippen LogP contribution in [0, 0.1) is 5.41 Å². The molecule has 1 fully saturated rings. The van der Waals surface area contributed by atoms with E-state index in [1.165, 1.54) is 5.56 Å². The summed E-state index contributed by atoms with van der Waals surface area (Å²) in [6, 6.07) is 18.0. The molecule has 4 rings (SSSR count). The van der Waals surface area contributed by atoms with E-state index in [2.05, 4.69) is 29.2 Å². The molecule has 1 atom stereocenters. The molecule has 3 nitrogen and oxygen atoms in total. The number of ether oxygens (including phenoxy) is 1. The fourth-order valence-electron chi connectivity index (χ4n) is 3.59. The van der Waals surface area contributed by atoms with Gasteiger partial charge < -0.3 is 4.74 Å². The third kappa shape index (κ3) is 2.22. The highest BCUT2D eigenvalue weighted by atomic mass is 16.5. The molecule has 2 aromatic rings. The Balaban J connectivity index is 1.54. The van der Waals surface area contributed by atoms with Crippen molar-refractivity contribution in [3.8, 4) is 5.75 Å². The molecule has 3 heteroatoms. The largest absolute Gasteiger partial charge is 0.492 e. The Morgan fingerprint density at radius 1 is 1.05 bits per heavy atom. The summed E-state index contributed by atoms with van der Waals surface area (Å²) in [7, 11) is 0. The number of carbonyl (C=O) groups is 1. The molecule has 0 bridgehead atoms. The number of hydrogen-bond donors (Lipinski definition) is 0. The van der Waals surface area contributed by atoms with Crippen LogP contribution in [0.2, 0.25) is 0 Å². The number of likely N-dealkylation sites (tertiary alicyclic amines) is 1. The van der Waals surface area contributed by atoms with Gasteiger partial charge in [-0.25, -0.2) is 0 Å². The number of hydrogen-bond acceptors (Lipinski definition) is 3. The maximum absolute atomic E-state index is 12.9. The van der Waals surface area contributed by atoms with Gasteiger partial charge in [-0.05, 0) is 30.7 Å². The van der Waals surface area contributed by atoms with E-state index in [0.717, 1.165) is 37.4 Å². The van der Waals surface area contributed by atoms with Gasteiger partial charge in [-0.1, -0.05) is 42.5 Å². The maximum atomic E-state index is 12.9. The van der Waals surface area contributed by atoms with E-state index in [-0.39, 0.29) is 11.2 Å². The lowest BCUT2D eigenvalue weighted by molar-refractivity contribution is 0.0622. The van der Waals surface area contributed by atoms with Crippen LogP contribution in [-0.4, -0.2) is 30.4 Å². The summed E-state index contributed by atoms with van der Waals surface area (Å²) in [4.78, 5) is 15.3. The summed E-state index contributed by atoms with van der Waals surface area (Å²) < 4.78 is 5.88. The van der Waals surface area contributed by atoms with Gasteiger partial charge in [-0.15, -0.1) is 0 Å². The predicted molar refractivity (Wildman–Crippen MR) is 85.0 cm³/mol. The van der Waals surface area contributed by atoms with E-state index in [0.29, 0.717) is 6.61 Å². The lowest BCUT2D eigenvalue weighted by Gasteiger charge is -2.33. The Morgan fingerprint density at radius 2 is 1.82 bits per heavy atom. The highest BCUT2D eigenvalue weighted by molar-refractivity contribution is 6.04. The van der Waals surface area contributed by atoms with Crippen molar-refractivity contribution in [2.24, 2.45) is 5.41 Å². The summed E-state index contributed by atoms with van der Waals surface area (Å²) in [6.45, 7) is 3.15. The Morgan fingerprint density at radius 3 is 2.68 bits per heavy atom. The van der Waals surface area contributed by atoms with Crippen LogP contribution in [0.3, 0.4) is 0 Å². The van der Waals surface area contributed by atoms with Crippen LogP contribution in [0.5, 0.6) is 5.75 Å². The second-order valence-electron chi connectivity index (χ2n) is 6.34. The highest BCUT2D eigenvalue weighted by Crippen LogP contribution is 2.41. The average molecular weight is 293 g/mol. The van der Waals surface area contributed by atoms with Crippen molar-refractivity contribution in [2.45, 2.75) is 13.0 Å². The van der Waals surface area contributed by atoms with Crippen LogP contribution in [0.25, 0.3) is 0 Å². The minimum atomic E-state index is -0.358. The minimum Gasteiger partial charge on any atom is -0.492 e. The number of para-hydroxylation sites is 1. The van der Waals surface area contributed by atoms with Crippen molar-refractivity contribution in [2.75, 3.05) is 19.7 Å². The van der Waals surface area contributed by atoms with Gasteiger partial charge >= 0.3 is 0 Å². The van der Waals surface area contributed by atoms with Gasteiger partial charge in [0.25, 0.3) is 0 Å². The molecule has 0 N–H and O–H groups in total. The second kappa shape index (κ2) is 5.25. The Kier molecular flexibility index (Phi) is 3.23. The Hall–Kier alpha value is -2.13. The smallest absolute Gasteiger partial charge is 0.177 e. The van der Waals surface area contributed by atoms with Gasteiger partial charge in [0.15, 0.2) is 5.78 Å². The Bertz CT molecular complexity index is 698. The van der Waals surface area contributed by atoms with E-state index >= 15 is 0 Å². The van der Waals surface area contributed by atoms with Crippen molar-refractivity contribution < 1.29 is 9.53 Å². The summed E-state index contributed by atoms with van der Waals surface area (Å²) in [5.41, 5.74) is 1.68. The molecule has 0 amide bonds. The molecular formula is C19H19NO2. The number of benzene rings is 2. The third-order valence-corrected chi connectivity index (χ3v) is 4.80. The van der Waals surface area contributed by atoms with E-state index in [1.54, 1.807) is 0 Å². The molecule has 22 heavy (non-hydrogen) atoms. The SMILES string of the molecule is O=C1c2ccccc2OCC12CCN(Cc1ccccc1)C2. The Labute approximate surface area is 130 Å². The van der Waals surface area contributed by atoms with E-state index in [4.69, 9.17) is 4.74 Å². The van der Waals surface area contributed by atoms with Gasteiger partial charge in [0, 0.05) is 13.1 Å². The number of carbonyl (C=O) groups excluding carboxylic acids is 1. The number of rotatable bonds is 2. The molecule has 2 aliphatic rings. The van der Waals surface area contributed by atoms with Crippen molar-refractivity contribution in [1.82, 2.24) is 4.90 Å². The van der Waals surface area contributed by atoms with E-state index < -0.39 is 0 Å². The summed E-state index contributed by atoms with van der Waals surface area (Å²) in [5, 5.41) is 0. The molecule has 112 valence electrons. The molecule has 1 unspecified atom stereocenters. The maximum Gasteiger partial charge on any atom is 0.177 e. The third-order valence-electron chi connectivity index (χ3n) is 4.80. The zero-order chi connectivity index (χ0) is 15.0. The average Bonchev–Trinajstić information content (AvgIpc) is 2.97. The quantitative estimate of drug-likeness (QED) is 0.852. The van der Waals surface area contributed by atoms with Crippen LogP contribution in [0.4, 0.5) is 0 Å². The fourth-order valence-corrected chi connectivity index (χ4v) is 3.59. The molecule has 0 aliphatic carbocycles. The van der Waals surface area contributed by atoms with E-state index in [9.17, 15) is 4.79 Å². The van der Waals surface area contributed by atoms with Gasteiger partial charge in [0.1, 0.15) is 12.4 Å². The standard InChI is InChI=1S/C19H19NO2/c21-18-16-8-4-5-9-17(16)22-14-19(18)10-11-20(13-19)12-15-6-2-1-3-7-15/h1-9H,10-14H2. The number of Topliss-reactive ketones (excluding diaryl/α,β-unsaturated/α-hetero) is 1. The van der Waals surface area contributed by atoms with Crippen LogP contribution in [0.15, 0.2) is 54.6 Å². The lowest BCUT2D eigenvalue weighted by atomic mass is 9.78. The van der Waals surface area contributed by atoms with Crippen molar-refractivity contribution in [1.29, 1.82) is 0 Å². The van der Waals surface area contributed by atoms with Crippen molar-refractivity contribution in [3.05, 3.63) is 65.7 Å².